The Bertz CT molecular complexity index is 1080. The maximum absolute atomic E-state index is 13.6. The minimum absolute atomic E-state index is 0.310. The highest BCUT2D eigenvalue weighted by Gasteiger charge is 2.45. The fourth-order valence-corrected chi connectivity index (χ4v) is 3.63. The Kier molecular flexibility index (Phi) is 4.62. The molecule has 148 valence electrons. The maximum Gasteiger partial charge on any atom is 0.282 e. The van der Waals surface area contributed by atoms with Gasteiger partial charge in [-0.05, 0) is 36.8 Å². The molecule has 1 aromatic carbocycles. The minimum Gasteiger partial charge on any atom is -0.414 e. The van der Waals surface area contributed by atoms with Gasteiger partial charge in [-0.25, -0.2) is 9.37 Å². The van der Waals surface area contributed by atoms with E-state index in [9.17, 15) is 13.6 Å². The van der Waals surface area contributed by atoms with Crippen LogP contribution in [-0.2, 0) is 5.54 Å². The van der Waals surface area contributed by atoms with Crippen LogP contribution in [0.5, 0.6) is 0 Å². The molecule has 3 aromatic rings. The first-order valence-corrected chi connectivity index (χ1v) is 8.95. The van der Waals surface area contributed by atoms with Gasteiger partial charge in [0.25, 0.3) is 5.56 Å². The molecule has 1 N–H and O–H groups in total. The summed E-state index contributed by atoms with van der Waals surface area (Å²) in [6.07, 6.45) is 2.97. The topological polar surface area (TPSA) is 68.5 Å². The highest BCUT2D eigenvalue weighted by molar-refractivity contribution is 6.01. The zero-order valence-electron chi connectivity index (χ0n) is 15.8. The van der Waals surface area contributed by atoms with Crippen LogP contribution in [0.2, 0.25) is 0 Å². The number of aromatic nitrogens is 2. The van der Waals surface area contributed by atoms with Crippen molar-refractivity contribution in [2.45, 2.75) is 18.5 Å². The highest BCUT2D eigenvalue weighted by Crippen LogP contribution is 2.38. The molecule has 0 saturated carbocycles. The third kappa shape index (κ3) is 3.16. The van der Waals surface area contributed by atoms with Gasteiger partial charge in [0, 0.05) is 23.4 Å². The van der Waals surface area contributed by atoms with Crippen molar-refractivity contribution in [3.05, 3.63) is 99.7 Å². The number of nitrogens with zero attached hydrogens (tertiary/aromatic N) is 3. The molecule has 29 heavy (non-hydrogen) atoms. The van der Waals surface area contributed by atoms with Crippen molar-refractivity contribution in [1.29, 1.82) is 0 Å². The van der Waals surface area contributed by atoms with E-state index in [0.29, 0.717) is 17.0 Å². The minimum atomic E-state index is -0.891. The van der Waals surface area contributed by atoms with E-state index in [1.165, 1.54) is 43.8 Å². The number of aliphatic imine (C=N–C) groups is 1. The lowest BCUT2D eigenvalue weighted by Gasteiger charge is -2.34. The van der Waals surface area contributed by atoms with Crippen molar-refractivity contribution in [2.24, 2.45) is 4.99 Å². The SMILES string of the molecule is COn1cc(C2=N[C@@H](C)[C@](c3ccc(F)cc3)(c3ccc(F)nc3)N2)ccc1=O. The van der Waals surface area contributed by atoms with Crippen LogP contribution in [0, 0.1) is 11.8 Å². The summed E-state index contributed by atoms with van der Waals surface area (Å²) in [5, 5.41) is 3.41. The van der Waals surface area contributed by atoms with Crippen molar-refractivity contribution < 1.29 is 13.6 Å². The zero-order chi connectivity index (χ0) is 20.6. The number of nitrogens with one attached hydrogen (secondary N) is 1. The summed E-state index contributed by atoms with van der Waals surface area (Å²) >= 11 is 0. The number of amidine groups is 1. The smallest absolute Gasteiger partial charge is 0.282 e. The average molecular weight is 396 g/mol. The Morgan fingerprint density at radius 1 is 1.07 bits per heavy atom. The van der Waals surface area contributed by atoms with Gasteiger partial charge in [0.05, 0.1) is 12.2 Å². The third-order valence-electron chi connectivity index (χ3n) is 5.10. The standard InChI is InChI=1S/C21H18F2N4O2/c1-13-21(15-4-7-17(22)8-5-15,16-6-9-18(23)24-11-16)26-20(25-13)14-3-10-19(28)27(12-14)29-2/h3-13H,1-2H3,(H,25,26)/t13-,21-/m0/s1. The van der Waals surface area contributed by atoms with Gasteiger partial charge >= 0.3 is 0 Å². The first-order chi connectivity index (χ1) is 13.9. The zero-order valence-corrected chi connectivity index (χ0v) is 15.8. The Morgan fingerprint density at radius 2 is 1.79 bits per heavy atom. The number of rotatable bonds is 4. The van der Waals surface area contributed by atoms with Gasteiger partial charge < -0.3 is 10.2 Å². The number of hydrogen-bond donors (Lipinski definition) is 1. The van der Waals surface area contributed by atoms with Gasteiger partial charge in [-0.2, -0.15) is 9.12 Å². The average Bonchev–Trinajstić information content (AvgIpc) is 3.07. The second-order valence-electron chi connectivity index (χ2n) is 6.73. The van der Waals surface area contributed by atoms with E-state index in [1.54, 1.807) is 24.3 Å². The third-order valence-corrected chi connectivity index (χ3v) is 5.10. The molecule has 8 heteroatoms. The monoisotopic (exact) mass is 396 g/mol. The quantitative estimate of drug-likeness (QED) is 0.687. The molecule has 0 saturated heterocycles. The van der Waals surface area contributed by atoms with E-state index >= 15 is 0 Å². The molecule has 6 nitrogen and oxygen atoms in total. The normalized spacial score (nSPS) is 20.8. The van der Waals surface area contributed by atoms with E-state index < -0.39 is 11.5 Å². The second-order valence-corrected chi connectivity index (χ2v) is 6.73. The predicted molar refractivity (Wildman–Crippen MR) is 104 cm³/mol. The fourth-order valence-electron chi connectivity index (χ4n) is 3.63. The maximum atomic E-state index is 13.6. The number of halogens is 2. The lowest BCUT2D eigenvalue weighted by molar-refractivity contribution is 0.157. The summed E-state index contributed by atoms with van der Waals surface area (Å²) in [7, 11) is 1.39. The summed E-state index contributed by atoms with van der Waals surface area (Å²) in [6, 6.07) is 11.6. The van der Waals surface area contributed by atoms with Gasteiger partial charge in [0.15, 0.2) is 0 Å². The Hall–Kier alpha value is -3.55. The second kappa shape index (κ2) is 7.12. The van der Waals surface area contributed by atoms with Gasteiger partial charge in [0.1, 0.15) is 24.3 Å². The summed E-state index contributed by atoms with van der Waals surface area (Å²) in [5.41, 5.74) is 0.862. The molecule has 0 bridgehead atoms. The first-order valence-electron chi connectivity index (χ1n) is 8.95. The van der Waals surface area contributed by atoms with E-state index in [1.807, 2.05) is 6.92 Å². The van der Waals surface area contributed by atoms with Gasteiger partial charge in [0.2, 0.25) is 5.95 Å². The molecule has 4 rings (SSSR count). The van der Waals surface area contributed by atoms with Crippen LogP contribution in [0.4, 0.5) is 8.78 Å². The van der Waals surface area contributed by atoms with Crippen molar-refractivity contribution in [3.8, 4) is 0 Å². The number of hydrogen-bond acceptors (Lipinski definition) is 5. The molecule has 0 amide bonds. The van der Waals surface area contributed by atoms with Crippen molar-refractivity contribution >= 4 is 5.84 Å². The van der Waals surface area contributed by atoms with E-state index in [2.05, 4.69) is 10.3 Å². The van der Waals surface area contributed by atoms with Crippen molar-refractivity contribution in [3.63, 3.8) is 0 Å². The van der Waals surface area contributed by atoms with Gasteiger partial charge in [-0.1, -0.05) is 18.2 Å². The van der Waals surface area contributed by atoms with Crippen LogP contribution in [-0.4, -0.2) is 28.7 Å². The Balaban J connectivity index is 1.84. The molecule has 2 aromatic heterocycles. The summed E-state index contributed by atoms with van der Waals surface area (Å²) < 4.78 is 28.1. The molecule has 3 heterocycles. The molecule has 1 aliphatic heterocycles. The highest BCUT2D eigenvalue weighted by atomic mass is 19.1. The van der Waals surface area contributed by atoms with Crippen LogP contribution in [0.15, 0.2) is 70.7 Å². The number of benzene rings is 1. The lowest BCUT2D eigenvalue weighted by Crippen LogP contribution is -2.48. The molecular weight excluding hydrogens is 378 g/mol. The summed E-state index contributed by atoms with van der Waals surface area (Å²) in [4.78, 5) is 25.4. The van der Waals surface area contributed by atoms with Gasteiger partial charge in [-0.3, -0.25) is 9.79 Å². The molecule has 0 aliphatic carbocycles. The van der Waals surface area contributed by atoms with Crippen LogP contribution in [0.25, 0.3) is 0 Å². The van der Waals surface area contributed by atoms with E-state index in [0.717, 1.165) is 10.3 Å². The van der Waals surface area contributed by atoms with Crippen LogP contribution in [0.3, 0.4) is 0 Å². The largest absolute Gasteiger partial charge is 0.414 e. The molecular formula is C21H18F2N4O2. The van der Waals surface area contributed by atoms with Crippen LogP contribution in [0.1, 0.15) is 23.6 Å². The van der Waals surface area contributed by atoms with Crippen molar-refractivity contribution in [1.82, 2.24) is 15.0 Å². The molecule has 1 aliphatic rings. The first kappa shape index (κ1) is 18.8. The van der Waals surface area contributed by atoms with E-state index in [4.69, 9.17) is 9.83 Å². The Labute approximate surface area is 165 Å². The predicted octanol–water partition coefficient (Wildman–Crippen LogP) is 2.26. The summed E-state index contributed by atoms with van der Waals surface area (Å²) in [6.45, 7) is 1.90. The number of pyridine rings is 2. The van der Waals surface area contributed by atoms with E-state index in [-0.39, 0.29) is 17.4 Å². The van der Waals surface area contributed by atoms with Crippen LogP contribution < -0.4 is 15.7 Å². The molecule has 0 radical (unpaired) electrons. The molecule has 0 fully saturated rings. The molecule has 0 unspecified atom stereocenters. The molecule has 2 atom stereocenters. The Morgan fingerprint density at radius 3 is 2.45 bits per heavy atom. The lowest BCUT2D eigenvalue weighted by atomic mass is 9.79. The van der Waals surface area contributed by atoms with Crippen LogP contribution >= 0.6 is 0 Å². The van der Waals surface area contributed by atoms with Gasteiger partial charge in [-0.15, -0.1) is 0 Å². The molecule has 0 spiro atoms. The van der Waals surface area contributed by atoms with Crippen molar-refractivity contribution in [2.75, 3.05) is 7.11 Å². The summed E-state index contributed by atoms with van der Waals surface area (Å²) in [5.74, 6) is -0.431. The fraction of sp³-hybridized carbons (Fsp3) is 0.190.